The van der Waals surface area contributed by atoms with Crippen molar-refractivity contribution in [2.24, 2.45) is 0 Å². The lowest BCUT2D eigenvalue weighted by Gasteiger charge is -2.11. The maximum atomic E-state index is 12.4. The second-order valence-electron chi connectivity index (χ2n) is 4.92. The Morgan fingerprint density at radius 3 is 2.56 bits per heavy atom. The third-order valence-electron chi connectivity index (χ3n) is 3.23. The van der Waals surface area contributed by atoms with Crippen molar-refractivity contribution in [1.82, 2.24) is 5.32 Å². The van der Waals surface area contributed by atoms with Gasteiger partial charge >= 0.3 is 0 Å². The Balaban J connectivity index is 2.30. The van der Waals surface area contributed by atoms with Gasteiger partial charge in [0.1, 0.15) is 0 Å². The number of rotatable bonds is 6. The Morgan fingerprint density at radius 1 is 1.16 bits per heavy atom. The molecule has 0 bridgehead atoms. The molecule has 128 valence electrons. The summed E-state index contributed by atoms with van der Waals surface area (Å²) in [5.74, 6) is -1.04. The fraction of sp³-hybridized carbons (Fsp3) is 0.0588. The number of carbonyl (C=O) groups excluding carboxylic acids is 2. The molecule has 0 saturated heterocycles. The molecule has 2 rings (SSSR count). The lowest BCUT2D eigenvalue weighted by atomic mass is 10.1. The minimum absolute atomic E-state index is 0.0582. The van der Waals surface area contributed by atoms with Crippen LogP contribution in [0.1, 0.15) is 20.7 Å². The van der Waals surface area contributed by atoms with Crippen LogP contribution in [0.2, 0.25) is 5.02 Å². The molecule has 8 heteroatoms. The Morgan fingerprint density at radius 2 is 1.88 bits per heavy atom. The van der Waals surface area contributed by atoms with Gasteiger partial charge < -0.3 is 10.6 Å². The van der Waals surface area contributed by atoms with Crippen molar-refractivity contribution in [2.45, 2.75) is 0 Å². The molecule has 0 aliphatic heterocycles. The number of hydrogen-bond donors (Lipinski definition) is 2. The first-order chi connectivity index (χ1) is 11.9. The van der Waals surface area contributed by atoms with Crippen LogP contribution < -0.4 is 10.6 Å². The molecule has 0 heterocycles. The highest BCUT2D eigenvalue weighted by molar-refractivity contribution is 6.34. The molecule has 0 atom stereocenters. The summed E-state index contributed by atoms with van der Waals surface area (Å²) in [6, 6.07) is 9.95. The molecular weight excluding hydrogens is 346 g/mol. The van der Waals surface area contributed by atoms with Crippen molar-refractivity contribution in [1.29, 1.82) is 0 Å². The summed E-state index contributed by atoms with van der Waals surface area (Å²) < 4.78 is 0. The van der Waals surface area contributed by atoms with E-state index in [1.807, 2.05) is 0 Å². The van der Waals surface area contributed by atoms with E-state index in [2.05, 4.69) is 17.2 Å². The summed E-state index contributed by atoms with van der Waals surface area (Å²) in [4.78, 5) is 34.8. The molecule has 0 aromatic heterocycles. The summed E-state index contributed by atoms with van der Waals surface area (Å²) in [6.07, 6.45) is 1.53. The zero-order valence-electron chi connectivity index (χ0n) is 13.0. The minimum Gasteiger partial charge on any atom is -0.349 e. The lowest BCUT2D eigenvalue weighted by molar-refractivity contribution is -0.384. The van der Waals surface area contributed by atoms with Crippen molar-refractivity contribution >= 4 is 34.8 Å². The topological polar surface area (TPSA) is 101 Å². The van der Waals surface area contributed by atoms with E-state index >= 15 is 0 Å². The van der Waals surface area contributed by atoms with E-state index < -0.39 is 10.8 Å². The summed E-state index contributed by atoms with van der Waals surface area (Å²) in [5.41, 5.74) is 0.194. The van der Waals surface area contributed by atoms with Crippen LogP contribution in [0.25, 0.3) is 0 Å². The fourth-order valence-corrected chi connectivity index (χ4v) is 2.24. The molecule has 0 aliphatic carbocycles. The highest BCUT2D eigenvalue weighted by atomic mass is 35.5. The number of benzene rings is 2. The average molecular weight is 360 g/mol. The third-order valence-corrected chi connectivity index (χ3v) is 3.56. The van der Waals surface area contributed by atoms with Gasteiger partial charge in [-0.15, -0.1) is 6.58 Å². The smallest absolute Gasteiger partial charge is 0.270 e. The van der Waals surface area contributed by atoms with Crippen LogP contribution in [0.3, 0.4) is 0 Å². The Hall–Kier alpha value is -3.19. The number of nitro groups is 1. The fourth-order valence-electron chi connectivity index (χ4n) is 2.04. The van der Waals surface area contributed by atoms with Crippen molar-refractivity contribution in [3.05, 3.63) is 81.4 Å². The predicted octanol–water partition coefficient (Wildman–Crippen LogP) is 3.42. The second kappa shape index (κ2) is 8.07. The number of nitro benzene ring substituents is 1. The van der Waals surface area contributed by atoms with Crippen LogP contribution in [0, 0.1) is 10.1 Å². The zero-order chi connectivity index (χ0) is 18.4. The van der Waals surface area contributed by atoms with Gasteiger partial charge in [0.05, 0.1) is 26.8 Å². The highest BCUT2D eigenvalue weighted by Gasteiger charge is 2.18. The van der Waals surface area contributed by atoms with Gasteiger partial charge in [-0.25, -0.2) is 0 Å². The van der Waals surface area contributed by atoms with Gasteiger partial charge in [-0.05, 0) is 18.2 Å². The molecule has 7 nitrogen and oxygen atoms in total. The van der Waals surface area contributed by atoms with Gasteiger partial charge in [0.25, 0.3) is 17.5 Å². The Bertz CT molecular complexity index is 852. The van der Waals surface area contributed by atoms with Crippen LogP contribution in [-0.4, -0.2) is 23.3 Å². The molecule has 2 N–H and O–H groups in total. The van der Waals surface area contributed by atoms with Gasteiger partial charge in [-0.2, -0.15) is 0 Å². The van der Waals surface area contributed by atoms with Crippen molar-refractivity contribution in [3.8, 4) is 0 Å². The van der Waals surface area contributed by atoms with Gasteiger partial charge in [0, 0.05) is 18.7 Å². The van der Waals surface area contributed by atoms with Crippen molar-refractivity contribution < 1.29 is 14.5 Å². The molecule has 25 heavy (non-hydrogen) atoms. The summed E-state index contributed by atoms with van der Waals surface area (Å²) >= 11 is 5.96. The first kappa shape index (κ1) is 18.2. The standard InChI is InChI=1S/C17H14ClN3O4/c1-2-9-19-16(22)12-5-3-4-6-15(12)20-17(23)13-10-11(21(24)25)7-8-14(13)18/h2-8,10H,1,9H2,(H,19,22)(H,20,23). The number of carbonyl (C=O) groups is 2. The molecule has 0 aliphatic rings. The van der Waals surface area contributed by atoms with Gasteiger partial charge in [0.15, 0.2) is 0 Å². The van der Waals surface area contributed by atoms with Gasteiger partial charge in [0.2, 0.25) is 0 Å². The van der Waals surface area contributed by atoms with Gasteiger partial charge in [-0.3, -0.25) is 19.7 Å². The zero-order valence-corrected chi connectivity index (χ0v) is 13.7. The second-order valence-corrected chi connectivity index (χ2v) is 5.33. The van der Waals surface area contributed by atoms with E-state index in [-0.39, 0.29) is 40.0 Å². The molecule has 0 spiro atoms. The largest absolute Gasteiger partial charge is 0.349 e. The number of halogens is 1. The predicted molar refractivity (Wildman–Crippen MR) is 95.0 cm³/mol. The lowest BCUT2D eigenvalue weighted by Crippen LogP contribution is -2.25. The quantitative estimate of drug-likeness (QED) is 0.468. The van der Waals surface area contributed by atoms with Crippen molar-refractivity contribution in [2.75, 3.05) is 11.9 Å². The van der Waals surface area contributed by atoms with Crippen LogP contribution >= 0.6 is 11.6 Å². The van der Waals surface area contributed by atoms with E-state index in [1.165, 1.54) is 18.2 Å². The first-order valence-electron chi connectivity index (χ1n) is 7.17. The number of nitrogens with one attached hydrogen (secondary N) is 2. The van der Waals surface area contributed by atoms with E-state index in [9.17, 15) is 19.7 Å². The van der Waals surface area contributed by atoms with Gasteiger partial charge in [-0.1, -0.05) is 29.8 Å². The van der Waals surface area contributed by atoms with Crippen LogP contribution in [0.5, 0.6) is 0 Å². The van der Waals surface area contributed by atoms with E-state index in [0.29, 0.717) is 0 Å². The number of amides is 2. The Labute approximate surface area is 148 Å². The van der Waals surface area contributed by atoms with Crippen molar-refractivity contribution in [3.63, 3.8) is 0 Å². The maximum Gasteiger partial charge on any atom is 0.270 e. The molecule has 0 saturated carbocycles. The van der Waals surface area contributed by atoms with Crippen LogP contribution in [0.15, 0.2) is 55.1 Å². The third kappa shape index (κ3) is 4.42. The van der Waals surface area contributed by atoms with E-state index in [0.717, 1.165) is 6.07 Å². The number of nitrogens with zero attached hydrogens (tertiary/aromatic N) is 1. The monoisotopic (exact) mass is 359 g/mol. The number of hydrogen-bond acceptors (Lipinski definition) is 4. The Kier molecular flexibility index (Phi) is 5.86. The molecule has 2 aromatic carbocycles. The minimum atomic E-state index is -0.655. The highest BCUT2D eigenvalue weighted by Crippen LogP contribution is 2.24. The average Bonchev–Trinajstić information content (AvgIpc) is 2.60. The number of non-ortho nitro benzene ring substituents is 1. The summed E-state index contributed by atoms with van der Waals surface area (Å²) in [7, 11) is 0. The molecule has 0 fully saturated rings. The van der Waals surface area contributed by atoms with Crippen LogP contribution in [-0.2, 0) is 0 Å². The summed E-state index contributed by atoms with van der Waals surface area (Å²) in [5, 5.41) is 16.1. The molecular formula is C17H14ClN3O4. The van der Waals surface area contributed by atoms with E-state index in [1.54, 1.807) is 24.3 Å². The molecule has 2 aromatic rings. The SMILES string of the molecule is C=CCNC(=O)c1ccccc1NC(=O)c1cc([N+](=O)[O-])ccc1Cl. The number of anilines is 1. The molecule has 2 amide bonds. The maximum absolute atomic E-state index is 12.4. The number of para-hydroxylation sites is 1. The van der Waals surface area contributed by atoms with Crippen LogP contribution in [0.4, 0.5) is 11.4 Å². The molecule has 0 unspecified atom stereocenters. The van der Waals surface area contributed by atoms with E-state index in [4.69, 9.17) is 11.6 Å². The summed E-state index contributed by atoms with van der Waals surface area (Å²) in [6.45, 7) is 3.79. The normalized spacial score (nSPS) is 9.96. The molecule has 0 radical (unpaired) electrons. The first-order valence-corrected chi connectivity index (χ1v) is 7.55.